The number of nitrogens with one attached hydrogen (secondary N) is 1. The predicted molar refractivity (Wildman–Crippen MR) is 64.7 cm³/mol. The Kier molecular flexibility index (Phi) is 3.66. The van der Waals surface area contributed by atoms with E-state index in [1.54, 1.807) is 13.8 Å². The quantitative estimate of drug-likeness (QED) is 0.850. The molecule has 0 aliphatic rings. The van der Waals surface area contributed by atoms with Crippen LogP contribution in [-0.2, 0) is 6.54 Å². The Hall–Kier alpha value is -2.15. The maximum Gasteiger partial charge on any atom is 0.339 e. The first kappa shape index (κ1) is 13.3. The summed E-state index contributed by atoms with van der Waals surface area (Å²) in [4.78, 5) is 15.0. The van der Waals surface area contributed by atoms with Crippen LogP contribution in [0.4, 0.5) is 0 Å². The minimum absolute atomic E-state index is 0.115. The van der Waals surface area contributed by atoms with Crippen molar-refractivity contribution in [2.75, 3.05) is 0 Å². The molecule has 7 heteroatoms. The number of hydrogen-bond donors (Lipinski definition) is 2. The molecule has 1 atom stereocenters. The van der Waals surface area contributed by atoms with Crippen LogP contribution >= 0.6 is 0 Å². The predicted octanol–water partition coefficient (Wildman–Crippen LogP) is 1.83. The molecule has 19 heavy (non-hydrogen) atoms. The third kappa shape index (κ3) is 3.00. The fourth-order valence-electron chi connectivity index (χ4n) is 1.68. The van der Waals surface area contributed by atoms with Gasteiger partial charge in [0.2, 0.25) is 5.89 Å². The largest absolute Gasteiger partial charge is 0.478 e. The van der Waals surface area contributed by atoms with Crippen molar-refractivity contribution < 1.29 is 18.8 Å². The van der Waals surface area contributed by atoms with Crippen molar-refractivity contribution >= 4 is 5.97 Å². The van der Waals surface area contributed by atoms with Gasteiger partial charge in [0.1, 0.15) is 17.1 Å². The Balaban J connectivity index is 1.99. The lowest BCUT2D eigenvalue weighted by molar-refractivity contribution is 0.0695. The molecule has 0 fully saturated rings. The van der Waals surface area contributed by atoms with Gasteiger partial charge in [0.05, 0.1) is 12.6 Å². The average Bonchev–Trinajstić information content (AvgIpc) is 2.92. The monoisotopic (exact) mass is 265 g/mol. The zero-order valence-corrected chi connectivity index (χ0v) is 10.9. The van der Waals surface area contributed by atoms with Gasteiger partial charge in [0, 0.05) is 6.92 Å². The van der Waals surface area contributed by atoms with Crippen molar-refractivity contribution in [1.29, 1.82) is 0 Å². The van der Waals surface area contributed by atoms with Gasteiger partial charge in [-0.15, -0.1) is 0 Å². The molecule has 2 heterocycles. The molecule has 0 saturated carbocycles. The Morgan fingerprint density at radius 1 is 1.53 bits per heavy atom. The van der Waals surface area contributed by atoms with E-state index in [1.807, 2.05) is 6.92 Å². The summed E-state index contributed by atoms with van der Waals surface area (Å²) in [5, 5.41) is 15.9. The highest BCUT2D eigenvalue weighted by atomic mass is 16.5. The molecule has 102 valence electrons. The fraction of sp³-hybridized carbons (Fsp3) is 0.417. The molecule has 0 radical (unpaired) electrons. The molecule has 1 unspecified atom stereocenters. The molecule has 0 bridgehead atoms. The van der Waals surface area contributed by atoms with Gasteiger partial charge in [-0.1, -0.05) is 5.16 Å². The number of carboxylic acid groups (broad SMARTS) is 1. The molecule has 0 spiro atoms. The Morgan fingerprint density at radius 2 is 2.26 bits per heavy atom. The Labute approximate surface area is 109 Å². The molecule has 0 saturated heterocycles. The molecule has 7 nitrogen and oxygen atoms in total. The summed E-state index contributed by atoms with van der Waals surface area (Å²) in [6, 6.07) is 1.40. The SMILES string of the molecule is Cc1nc(C(C)NCc2cc(C(=O)O)c(C)o2)no1. The third-order valence-electron chi connectivity index (χ3n) is 2.71. The van der Waals surface area contributed by atoms with E-state index in [9.17, 15) is 4.79 Å². The Bertz CT molecular complexity index is 588. The number of rotatable bonds is 5. The fourth-order valence-corrected chi connectivity index (χ4v) is 1.68. The second kappa shape index (κ2) is 5.23. The molecular weight excluding hydrogens is 250 g/mol. The second-order valence-electron chi connectivity index (χ2n) is 4.26. The van der Waals surface area contributed by atoms with Crippen molar-refractivity contribution in [3.05, 3.63) is 34.9 Å². The number of aryl methyl sites for hydroxylation is 2. The summed E-state index contributed by atoms with van der Waals surface area (Å²) in [7, 11) is 0. The number of hydrogen-bond acceptors (Lipinski definition) is 6. The first-order valence-electron chi connectivity index (χ1n) is 5.83. The molecule has 0 aromatic carbocycles. The Morgan fingerprint density at radius 3 is 2.79 bits per heavy atom. The maximum absolute atomic E-state index is 10.9. The minimum Gasteiger partial charge on any atom is -0.478 e. The molecule has 0 aliphatic heterocycles. The van der Waals surface area contributed by atoms with Crippen LogP contribution in [0.2, 0.25) is 0 Å². The summed E-state index contributed by atoms with van der Waals surface area (Å²) in [6.07, 6.45) is 0. The van der Waals surface area contributed by atoms with E-state index in [4.69, 9.17) is 14.0 Å². The summed E-state index contributed by atoms with van der Waals surface area (Å²) in [5.41, 5.74) is 0.180. The van der Waals surface area contributed by atoms with Crippen molar-refractivity contribution in [3.8, 4) is 0 Å². The second-order valence-corrected chi connectivity index (χ2v) is 4.26. The molecule has 0 amide bonds. The van der Waals surface area contributed by atoms with Crippen molar-refractivity contribution in [2.24, 2.45) is 0 Å². The van der Waals surface area contributed by atoms with Crippen molar-refractivity contribution in [3.63, 3.8) is 0 Å². The number of carboxylic acids is 1. The lowest BCUT2D eigenvalue weighted by atomic mass is 10.2. The highest BCUT2D eigenvalue weighted by Gasteiger charge is 2.16. The number of aromatic carboxylic acids is 1. The molecule has 0 aliphatic carbocycles. The highest BCUT2D eigenvalue weighted by Crippen LogP contribution is 2.16. The first-order chi connectivity index (χ1) is 8.97. The van der Waals surface area contributed by atoms with Crippen molar-refractivity contribution in [1.82, 2.24) is 15.5 Å². The van der Waals surface area contributed by atoms with Crippen LogP contribution in [0.1, 0.15) is 46.6 Å². The van der Waals surface area contributed by atoms with E-state index in [0.29, 0.717) is 29.8 Å². The van der Waals surface area contributed by atoms with E-state index >= 15 is 0 Å². The highest BCUT2D eigenvalue weighted by molar-refractivity contribution is 5.88. The molecule has 2 rings (SSSR count). The van der Waals surface area contributed by atoms with Gasteiger partial charge in [-0.3, -0.25) is 0 Å². The van der Waals surface area contributed by atoms with Gasteiger partial charge >= 0.3 is 5.97 Å². The van der Waals surface area contributed by atoms with Crippen molar-refractivity contribution in [2.45, 2.75) is 33.4 Å². The lowest BCUT2D eigenvalue weighted by Gasteiger charge is -2.07. The molecule has 2 aromatic rings. The first-order valence-corrected chi connectivity index (χ1v) is 5.83. The van der Waals surface area contributed by atoms with Gasteiger partial charge < -0.3 is 19.4 Å². The normalized spacial score (nSPS) is 12.6. The van der Waals surface area contributed by atoms with Crippen LogP contribution in [0.3, 0.4) is 0 Å². The van der Waals surface area contributed by atoms with Crippen LogP contribution in [0.15, 0.2) is 15.0 Å². The standard InChI is InChI=1S/C12H15N3O4/c1-6(11-14-8(3)19-15-11)13-5-9-4-10(12(16)17)7(2)18-9/h4,6,13H,5H2,1-3H3,(H,16,17). The smallest absolute Gasteiger partial charge is 0.339 e. The van der Waals surface area contributed by atoms with Crippen LogP contribution in [-0.4, -0.2) is 21.2 Å². The molecule has 2 N–H and O–H groups in total. The van der Waals surface area contributed by atoms with Gasteiger partial charge in [-0.05, 0) is 19.9 Å². The van der Waals surface area contributed by atoms with Crippen LogP contribution < -0.4 is 5.32 Å². The third-order valence-corrected chi connectivity index (χ3v) is 2.71. The maximum atomic E-state index is 10.9. The summed E-state index contributed by atoms with van der Waals surface area (Å²) < 4.78 is 10.2. The van der Waals surface area contributed by atoms with E-state index < -0.39 is 5.97 Å². The van der Waals surface area contributed by atoms with Gasteiger partial charge in [-0.2, -0.15) is 4.98 Å². The van der Waals surface area contributed by atoms with Crippen LogP contribution in [0, 0.1) is 13.8 Å². The molecule has 2 aromatic heterocycles. The lowest BCUT2D eigenvalue weighted by Crippen LogP contribution is -2.18. The number of furan rings is 1. The topological polar surface area (TPSA) is 101 Å². The summed E-state index contributed by atoms with van der Waals surface area (Å²) in [6.45, 7) is 5.62. The molecular formula is C12H15N3O4. The van der Waals surface area contributed by atoms with Crippen LogP contribution in [0.25, 0.3) is 0 Å². The average molecular weight is 265 g/mol. The summed E-state index contributed by atoms with van der Waals surface area (Å²) >= 11 is 0. The van der Waals surface area contributed by atoms with E-state index in [2.05, 4.69) is 15.5 Å². The zero-order chi connectivity index (χ0) is 14.0. The van der Waals surface area contributed by atoms with Gasteiger partial charge in [0.25, 0.3) is 0 Å². The van der Waals surface area contributed by atoms with Crippen LogP contribution in [0.5, 0.6) is 0 Å². The van der Waals surface area contributed by atoms with E-state index in [0.717, 1.165) is 0 Å². The van der Waals surface area contributed by atoms with Gasteiger partial charge in [-0.25, -0.2) is 4.79 Å². The van der Waals surface area contributed by atoms with Gasteiger partial charge in [0.15, 0.2) is 5.82 Å². The van der Waals surface area contributed by atoms with E-state index in [-0.39, 0.29) is 11.6 Å². The number of carbonyl (C=O) groups is 1. The summed E-state index contributed by atoms with van der Waals surface area (Å²) in [5.74, 6) is 1.02. The zero-order valence-electron chi connectivity index (χ0n) is 10.9. The van der Waals surface area contributed by atoms with E-state index in [1.165, 1.54) is 6.07 Å². The number of nitrogens with zero attached hydrogens (tertiary/aromatic N) is 2. The minimum atomic E-state index is -0.991. The number of aromatic nitrogens is 2.